The molecule has 112 valence electrons. The van der Waals surface area contributed by atoms with Gasteiger partial charge in [0, 0.05) is 5.92 Å². The molecule has 2 aromatic carbocycles. The third-order valence-corrected chi connectivity index (χ3v) is 5.86. The zero-order valence-electron chi connectivity index (χ0n) is 13.5. The molecule has 21 heavy (non-hydrogen) atoms. The van der Waals surface area contributed by atoms with Gasteiger partial charge in [-0.1, -0.05) is 45.9 Å². The molecule has 1 aliphatic rings. The van der Waals surface area contributed by atoms with E-state index in [1.165, 1.54) is 0 Å². The van der Waals surface area contributed by atoms with Crippen molar-refractivity contribution in [3.63, 3.8) is 0 Å². The Bertz CT molecular complexity index is 671. The van der Waals surface area contributed by atoms with E-state index in [-0.39, 0.29) is 10.8 Å². The lowest BCUT2D eigenvalue weighted by Gasteiger charge is -2.14. The smallest absolute Gasteiger partial charge is 0.119 e. The molecule has 3 rings (SSSR count). The largest absolute Gasteiger partial charge is 0.497 e. The predicted molar refractivity (Wildman–Crippen MR) is 86.5 cm³/mol. The van der Waals surface area contributed by atoms with Crippen molar-refractivity contribution in [1.82, 2.24) is 0 Å². The molecule has 0 aliphatic heterocycles. The fourth-order valence-corrected chi connectivity index (χ4v) is 3.78. The van der Waals surface area contributed by atoms with E-state index in [4.69, 9.17) is 4.74 Å². The van der Waals surface area contributed by atoms with Gasteiger partial charge in [0.1, 0.15) is 5.75 Å². The summed E-state index contributed by atoms with van der Waals surface area (Å²) in [4.78, 5) is 0. The Labute approximate surface area is 126 Å². The van der Waals surface area contributed by atoms with Crippen LogP contribution in [0.15, 0.2) is 36.4 Å². The van der Waals surface area contributed by atoms with Gasteiger partial charge in [-0.2, -0.15) is 0 Å². The third-order valence-electron chi connectivity index (χ3n) is 5.86. The first-order chi connectivity index (χ1) is 9.79. The fraction of sp³-hybridized carbons (Fsp3) is 0.474. The van der Waals surface area contributed by atoms with Crippen molar-refractivity contribution in [3.05, 3.63) is 42.0 Å². The molecule has 1 fully saturated rings. The molecule has 0 saturated heterocycles. The van der Waals surface area contributed by atoms with E-state index in [1.807, 2.05) is 24.3 Å². The zero-order valence-corrected chi connectivity index (χ0v) is 13.5. The first-order valence-corrected chi connectivity index (χ1v) is 7.55. The van der Waals surface area contributed by atoms with Crippen LogP contribution in [0.25, 0.3) is 10.8 Å². The summed E-state index contributed by atoms with van der Waals surface area (Å²) in [5, 5.41) is 13.0. The van der Waals surface area contributed by atoms with E-state index < -0.39 is 6.10 Å². The lowest BCUT2D eigenvalue weighted by atomic mass is 9.97. The molecule has 1 aliphatic carbocycles. The number of hydrogen-bond donors (Lipinski definition) is 1. The molecule has 1 N–H and O–H groups in total. The maximum Gasteiger partial charge on any atom is 0.119 e. The van der Waals surface area contributed by atoms with Crippen molar-refractivity contribution in [2.45, 2.75) is 33.8 Å². The summed E-state index contributed by atoms with van der Waals surface area (Å²) in [6, 6.07) is 12.2. The Morgan fingerprint density at radius 2 is 1.52 bits per heavy atom. The molecule has 0 bridgehead atoms. The third kappa shape index (κ3) is 2.04. The van der Waals surface area contributed by atoms with Crippen molar-refractivity contribution in [2.75, 3.05) is 7.11 Å². The minimum absolute atomic E-state index is 0.182. The highest BCUT2D eigenvalue weighted by molar-refractivity contribution is 5.84. The molecular weight excluding hydrogens is 260 g/mol. The van der Waals surface area contributed by atoms with Crippen LogP contribution < -0.4 is 4.74 Å². The summed E-state index contributed by atoms with van der Waals surface area (Å²) >= 11 is 0. The average Bonchev–Trinajstić information content (AvgIpc) is 2.86. The van der Waals surface area contributed by atoms with Crippen LogP contribution in [0, 0.1) is 16.7 Å². The predicted octanol–water partition coefficient (Wildman–Crippen LogP) is 4.56. The molecule has 1 unspecified atom stereocenters. The normalized spacial score (nSPS) is 21.2. The van der Waals surface area contributed by atoms with Gasteiger partial charge in [-0.05, 0) is 45.4 Å². The molecular formula is C19H24O2. The molecule has 0 radical (unpaired) electrons. The van der Waals surface area contributed by atoms with E-state index in [0.717, 1.165) is 22.1 Å². The van der Waals surface area contributed by atoms with Crippen LogP contribution in [0.2, 0.25) is 0 Å². The van der Waals surface area contributed by atoms with Crippen molar-refractivity contribution in [2.24, 2.45) is 16.7 Å². The number of benzene rings is 2. The standard InChI is InChI=1S/C19H24O2/c1-18(2)17(19(18,3)4)16(20)14-7-6-13-11-15(21-5)9-8-12(13)10-14/h6-11,16-17,20H,1-5H3. The minimum atomic E-state index is -0.401. The summed E-state index contributed by atoms with van der Waals surface area (Å²) in [5.41, 5.74) is 1.37. The molecule has 0 heterocycles. The molecule has 2 nitrogen and oxygen atoms in total. The van der Waals surface area contributed by atoms with E-state index in [2.05, 4.69) is 39.8 Å². The minimum Gasteiger partial charge on any atom is -0.497 e. The first-order valence-electron chi connectivity index (χ1n) is 7.55. The van der Waals surface area contributed by atoms with Crippen molar-refractivity contribution >= 4 is 10.8 Å². The van der Waals surface area contributed by atoms with Gasteiger partial charge in [0.05, 0.1) is 13.2 Å². The summed E-state index contributed by atoms with van der Waals surface area (Å²) in [7, 11) is 1.68. The summed E-state index contributed by atoms with van der Waals surface area (Å²) in [6.45, 7) is 8.97. The Kier molecular flexibility index (Phi) is 3.07. The Hall–Kier alpha value is -1.54. The molecule has 0 amide bonds. The summed E-state index contributed by atoms with van der Waals surface area (Å²) < 4.78 is 5.25. The van der Waals surface area contributed by atoms with Gasteiger partial charge < -0.3 is 9.84 Å². The monoisotopic (exact) mass is 284 g/mol. The second kappa shape index (κ2) is 4.48. The van der Waals surface area contributed by atoms with Crippen LogP contribution in [0.5, 0.6) is 5.75 Å². The van der Waals surface area contributed by atoms with Crippen molar-refractivity contribution in [1.29, 1.82) is 0 Å². The maximum absolute atomic E-state index is 10.8. The number of ether oxygens (including phenoxy) is 1. The molecule has 0 aromatic heterocycles. The highest BCUT2D eigenvalue weighted by Gasteiger charge is 2.67. The Balaban J connectivity index is 1.95. The van der Waals surface area contributed by atoms with E-state index in [0.29, 0.717) is 5.92 Å². The highest BCUT2D eigenvalue weighted by atomic mass is 16.5. The van der Waals surface area contributed by atoms with E-state index in [9.17, 15) is 5.11 Å². The molecule has 2 aromatic rings. The second-order valence-corrected chi connectivity index (χ2v) is 7.34. The van der Waals surface area contributed by atoms with Crippen molar-refractivity contribution in [3.8, 4) is 5.75 Å². The van der Waals surface area contributed by atoms with Gasteiger partial charge in [-0.25, -0.2) is 0 Å². The lowest BCUT2D eigenvalue weighted by molar-refractivity contribution is 0.131. The number of methoxy groups -OCH3 is 1. The van der Waals surface area contributed by atoms with Crippen LogP contribution in [0.3, 0.4) is 0 Å². The summed E-state index contributed by atoms with van der Waals surface area (Å²) in [6.07, 6.45) is -0.401. The summed E-state index contributed by atoms with van der Waals surface area (Å²) in [5.74, 6) is 1.17. The van der Waals surface area contributed by atoms with Crippen LogP contribution in [0.4, 0.5) is 0 Å². The zero-order chi connectivity index (χ0) is 15.4. The molecule has 1 saturated carbocycles. The molecule has 0 spiro atoms. The number of fused-ring (bicyclic) bond motifs is 1. The quantitative estimate of drug-likeness (QED) is 0.895. The number of aliphatic hydroxyl groups is 1. The number of rotatable bonds is 3. The second-order valence-electron chi connectivity index (χ2n) is 7.34. The van der Waals surface area contributed by atoms with Gasteiger partial charge in [-0.3, -0.25) is 0 Å². The topological polar surface area (TPSA) is 29.5 Å². The van der Waals surface area contributed by atoms with Gasteiger partial charge in [0.25, 0.3) is 0 Å². The van der Waals surface area contributed by atoms with Crippen LogP contribution in [0.1, 0.15) is 39.4 Å². The van der Waals surface area contributed by atoms with Crippen LogP contribution in [-0.4, -0.2) is 12.2 Å². The van der Waals surface area contributed by atoms with Gasteiger partial charge in [0.15, 0.2) is 0 Å². The Morgan fingerprint density at radius 3 is 2.10 bits per heavy atom. The number of aliphatic hydroxyl groups excluding tert-OH is 1. The first kappa shape index (κ1) is 14.4. The van der Waals surface area contributed by atoms with Crippen LogP contribution >= 0.6 is 0 Å². The Morgan fingerprint density at radius 1 is 0.952 bits per heavy atom. The van der Waals surface area contributed by atoms with Gasteiger partial charge in [0.2, 0.25) is 0 Å². The van der Waals surface area contributed by atoms with Gasteiger partial charge in [-0.15, -0.1) is 0 Å². The van der Waals surface area contributed by atoms with E-state index in [1.54, 1.807) is 7.11 Å². The van der Waals surface area contributed by atoms with Gasteiger partial charge >= 0.3 is 0 Å². The highest BCUT2D eigenvalue weighted by Crippen LogP contribution is 2.72. The average molecular weight is 284 g/mol. The lowest BCUT2D eigenvalue weighted by Crippen LogP contribution is -2.05. The fourth-order valence-electron chi connectivity index (χ4n) is 3.78. The molecule has 1 atom stereocenters. The van der Waals surface area contributed by atoms with Crippen molar-refractivity contribution < 1.29 is 9.84 Å². The molecule has 2 heteroatoms. The van der Waals surface area contributed by atoms with Crippen LogP contribution in [-0.2, 0) is 0 Å². The maximum atomic E-state index is 10.8. The number of hydrogen-bond acceptors (Lipinski definition) is 2. The van der Waals surface area contributed by atoms with E-state index >= 15 is 0 Å². The SMILES string of the molecule is COc1ccc2cc(C(O)C3C(C)(C)C3(C)C)ccc2c1.